The molecule has 1 atom stereocenters. The van der Waals surface area contributed by atoms with Crippen molar-refractivity contribution in [2.45, 2.75) is 39.7 Å². The van der Waals surface area contributed by atoms with Crippen LogP contribution in [0.25, 0.3) is 11.1 Å². The molecule has 0 aliphatic carbocycles. The number of aryl methyl sites for hydroxylation is 2. The molecule has 1 unspecified atom stereocenters. The maximum absolute atomic E-state index is 4.56. The van der Waals surface area contributed by atoms with E-state index in [-0.39, 0.29) is 0 Å². The molecule has 2 rings (SSSR count). The number of nitrogens with one attached hydrogen (secondary N) is 1. The maximum Gasteiger partial charge on any atom is 0.0700 e. The largest absolute Gasteiger partial charge is 0.310 e. The van der Waals surface area contributed by atoms with Gasteiger partial charge in [-0.15, -0.1) is 0 Å². The lowest BCUT2D eigenvalue weighted by molar-refractivity contribution is 0.571. The maximum atomic E-state index is 4.56. The van der Waals surface area contributed by atoms with Gasteiger partial charge in [0, 0.05) is 24.8 Å². The van der Waals surface area contributed by atoms with E-state index in [4.69, 9.17) is 0 Å². The van der Waals surface area contributed by atoms with Crippen LogP contribution in [0.4, 0.5) is 0 Å². The molecular weight excluding hydrogens is 246 g/mol. The minimum atomic E-state index is 0.357. The summed E-state index contributed by atoms with van der Waals surface area (Å²) in [7, 11) is 1.99. The lowest BCUT2D eigenvalue weighted by Crippen LogP contribution is -2.19. The molecular formula is C17H25N3. The Balaban J connectivity index is 2.41. The van der Waals surface area contributed by atoms with E-state index in [0.717, 1.165) is 19.4 Å². The highest BCUT2D eigenvalue weighted by molar-refractivity contribution is 5.69. The molecule has 0 amide bonds. The number of hydrogen-bond donors (Lipinski definition) is 1. The Morgan fingerprint density at radius 2 is 1.95 bits per heavy atom. The summed E-state index contributed by atoms with van der Waals surface area (Å²) in [5.41, 5.74) is 5.08. The van der Waals surface area contributed by atoms with Crippen molar-refractivity contribution < 1.29 is 0 Å². The molecule has 1 N–H and O–H groups in total. The molecule has 1 heterocycles. The molecule has 3 nitrogen and oxygen atoms in total. The van der Waals surface area contributed by atoms with E-state index in [1.165, 1.54) is 22.4 Å². The summed E-state index contributed by atoms with van der Waals surface area (Å²) in [6.07, 6.45) is 4.24. The van der Waals surface area contributed by atoms with Gasteiger partial charge in [0.1, 0.15) is 0 Å². The van der Waals surface area contributed by atoms with Gasteiger partial charge in [0.05, 0.1) is 5.69 Å². The van der Waals surface area contributed by atoms with Crippen LogP contribution in [0, 0.1) is 0 Å². The first-order valence-electron chi connectivity index (χ1n) is 7.52. The minimum absolute atomic E-state index is 0.357. The van der Waals surface area contributed by atoms with Crippen molar-refractivity contribution in [2.24, 2.45) is 7.05 Å². The van der Waals surface area contributed by atoms with Gasteiger partial charge in [-0.25, -0.2) is 0 Å². The Hall–Kier alpha value is -1.61. The van der Waals surface area contributed by atoms with Crippen LogP contribution in [-0.2, 0) is 13.5 Å². The molecule has 108 valence electrons. The number of hydrogen-bond acceptors (Lipinski definition) is 2. The van der Waals surface area contributed by atoms with E-state index in [2.05, 4.69) is 61.6 Å². The number of benzene rings is 1. The van der Waals surface area contributed by atoms with E-state index >= 15 is 0 Å². The molecule has 0 bridgehead atoms. The number of nitrogens with zero attached hydrogens (tertiary/aromatic N) is 2. The van der Waals surface area contributed by atoms with Gasteiger partial charge in [-0.3, -0.25) is 4.68 Å². The molecule has 0 saturated heterocycles. The first-order chi connectivity index (χ1) is 9.67. The summed E-state index contributed by atoms with van der Waals surface area (Å²) >= 11 is 0. The normalized spacial score (nSPS) is 12.6. The van der Waals surface area contributed by atoms with Gasteiger partial charge < -0.3 is 5.32 Å². The first kappa shape index (κ1) is 14.8. The van der Waals surface area contributed by atoms with Crippen LogP contribution in [0.1, 0.15) is 44.5 Å². The van der Waals surface area contributed by atoms with Gasteiger partial charge in [-0.1, -0.05) is 38.1 Å². The molecule has 0 radical (unpaired) electrons. The van der Waals surface area contributed by atoms with Crippen molar-refractivity contribution in [3.05, 3.63) is 41.7 Å². The molecule has 1 aromatic heterocycles. The zero-order valence-electron chi connectivity index (χ0n) is 13.0. The highest BCUT2D eigenvalue weighted by Crippen LogP contribution is 2.30. The smallest absolute Gasteiger partial charge is 0.0700 e. The Morgan fingerprint density at radius 3 is 2.65 bits per heavy atom. The summed E-state index contributed by atoms with van der Waals surface area (Å²) in [6.45, 7) is 7.63. The Morgan fingerprint density at radius 1 is 1.20 bits per heavy atom. The van der Waals surface area contributed by atoms with Crippen LogP contribution >= 0.6 is 0 Å². The second-order valence-corrected chi connectivity index (χ2v) is 5.28. The molecule has 0 spiro atoms. The van der Waals surface area contributed by atoms with Crippen molar-refractivity contribution in [1.82, 2.24) is 15.1 Å². The summed E-state index contributed by atoms with van der Waals surface area (Å²) in [5.74, 6) is 0. The highest BCUT2D eigenvalue weighted by atomic mass is 15.2. The lowest BCUT2D eigenvalue weighted by Gasteiger charge is -2.17. The van der Waals surface area contributed by atoms with E-state index in [1.807, 2.05) is 11.7 Å². The molecule has 0 aliphatic rings. The van der Waals surface area contributed by atoms with Gasteiger partial charge in [-0.05, 0) is 37.4 Å². The molecule has 0 aliphatic heterocycles. The molecule has 1 aromatic carbocycles. The summed E-state index contributed by atoms with van der Waals surface area (Å²) in [6, 6.07) is 9.00. The third-order valence-electron chi connectivity index (χ3n) is 3.66. The molecule has 2 aromatic rings. The van der Waals surface area contributed by atoms with Crippen molar-refractivity contribution in [3.8, 4) is 11.1 Å². The van der Waals surface area contributed by atoms with Crippen LogP contribution in [0.2, 0.25) is 0 Å². The van der Waals surface area contributed by atoms with Crippen LogP contribution in [0.3, 0.4) is 0 Å². The van der Waals surface area contributed by atoms with Crippen LogP contribution in [0.5, 0.6) is 0 Å². The summed E-state index contributed by atoms with van der Waals surface area (Å²) < 4.78 is 1.91. The average molecular weight is 271 g/mol. The number of aromatic nitrogens is 2. The fourth-order valence-electron chi connectivity index (χ4n) is 2.61. The standard InChI is InChI=1S/C17H25N3/c1-5-11-18-13(3)14-9-7-8-10-15(14)16-12-20(4)19-17(16)6-2/h7-10,12-13,18H,5-6,11H2,1-4H3. The van der Waals surface area contributed by atoms with Crippen molar-refractivity contribution >= 4 is 0 Å². The SMILES string of the molecule is CCCNC(C)c1ccccc1-c1cn(C)nc1CC. The van der Waals surface area contributed by atoms with Crippen molar-refractivity contribution in [2.75, 3.05) is 6.54 Å². The minimum Gasteiger partial charge on any atom is -0.310 e. The molecule has 0 saturated carbocycles. The molecule has 3 heteroatoms. The van der Waals surface area contributed by atoms with E-state index in [9.17, 15) is 0 Å². The van der Waals surface area contributed by atoms with Crippen LogP contribution in [-0.4, -0.2) is 16.3 Å². The topological polar surface area (TPSA) is 29.9 Å². The van der Waals surface area contributed by atoms with Gasteiger partial charge >= 0.3 is 0 Å². The van der Waals surface area contributed by atoms with E-state index in [0.29, 0.717) is 6.04 Å². The monoisotopic (exact) mass is 271 g/mol. The zero-order valence-corrected chi connectivity index (χ0v) is 13.0. The Labute approximate surface area is 122 Å². The third kappa shape index (κ3) is 3.10. The molecule has 20 heavy (non-hydrogen) atoms. The lowest BCUT2D eigenvalue weighted by atomic mass is 9.95. The fourth-order valence-corrected chi connectivity index (χ4v) is 2.61. The second-order valence-electron chi connectivity index (χ2n) is 5.28. The van der Waals surface area contributed by atoms with Crippen LogP contribution < -0.4 is 5.32 Å². The average Bonchev–Trinajstić information content (AvgIpc) is 2.85. The van der Waals surface area contributed by atoms with Crippen molar-refractivity contribution in [1.29, 1.82) is 0 Å². The third-order valence-corrected chi connectivity index (χ3v) is 3.66. The second kappa shape index (κ2) is 6.71. The van der Waals surface area contributed by atoms with Crippen LogP contribution in [0.15, 0.2) is 30.5 Å². The van der Waals surface area contributed by atoms with Crippen molar-refractivity contribution in [3.63, 3.8) is 0 Å². The van der Waals surface area contributed by atoms with E-state index in [1.54, 1.807) is 0 Å². The predicted molar refractivity (Wildman–Crippen MR) is 84.7 cm³/mol. The number of rotatable bonds is 6. The highest BCUT2D eigenvalue weighted by Gasteiger charge is 2.15. The fraction of sp³-hybridized carbons (Fsp3) is 0.471. The summed E-state index contributed by atoms with van der Waals surface area (Å²) in [4.78, 5) is 0. The van der Waals surface area contributed by atoms with Gasteiger partial charge in [0.15, 0.2) is 0 Å². The zero-order chi connectivity index (χ0) is 14.5. The Kier molecular flexibility index (Phi) is 4.96. The van der Waals surface area contributed by atoms with Gasteiger partial charge in [0.25, 0.3) is 0 Å². The van der Waals surface area contributed by atoms with Gasteiger partial charge in [0.2, 0.25) is 0 Å². The predicted octanol–water partition coefficient (Wildman–Crippen LogP) is 3.71. The van der Waals surface area contributed by atoms with E-state index < -0.39 is 0 Å². The summed E-state index contributed by atoms with van der Waals surface area (Å²) in [5, 5.41) is 8.14. The Bertz CT molecular complexity index is 557. The first-order valence-corrected chi connectivity index (χ1v) is 7.52. The van der Waals surface area contributed by atoms with Gasteiger partial charge in [-0.2, -0.15) is 5.10 Å². The quantitative estimate of drug-likeness (QED) is 0.868. The molecule has 0 fully saturated rings.